The molecule has 0 aromatic carbocycles. The maximum atomic E-state index is 8.56. The fourth-order valence-electron chi connectivity index (χ4n) is 0. The summed E-state index contributed by atoms with van der Waals surface area (Å²) in [5.74, 6) is 0. The minimum absolute atomic E-state index is 0. The molecular formula is CH17KO10. The molecule has 82 valence electrons. The van der Waals surface area contributed by atoms with E-state index >= 15 is 0 Å². The van der Waals surface area contributed by atoms with Gasteiger partial charge in [-0.05, 0) is 0 Å². The molecule has 0 aromatic rings. The van der Waals surface area contributed by atoms with Gasteiger partial charge in [-0.2, -0.15) is 0 Å². The predicted molar refractivity (Wildman–Crippen MR) is 37.1 cm³/mol. The van der Waals surface area contributed by atoms with E-state index < -0.39 is 6.16 Å². The summed E-state index contributed by atoms with van der Waals surface area (Å²) in [5.41, 5.74) is 0. The normalized spacial score (nSPS) is 2.00. The Kier molecular flexibility index (Phi) is 1080. The number of rotatable bonds is 0. The SMILES string of the molecule is O.O.O.O.O.O.O.O=C(O)O.[H-].[K+]. The number of hydrogen-bond acceptors (Lipinski definition) is 1. The zero-order valence-electron chi connectivity index (χ0n) is 7.30. The summed E-state index contributed by atoms with van der Waals surface area (Å²) in [6.45, 7) is 0. The Morgan fingerprint density at radius 3 is 0.750 bits per heavy atom. The summed E-state index contributed by atoms with van der Waals surface area (Å²) in [6.07, 6.45) is -1.83. The number of hydrogen-bond donors (Lipinski definition) is 2. The summed E-state index contributed by atoms with van der Waals surface area (Å²) in [6, 6.07) is 0. The molecule has 0 aromatic heterocycles. The molecule has 0 rings (SSSR count). The van der Waals surface area contributed by atoms with Crippen LogP contribution in [0.4, 0.5) is 4.79 Å². The van der Waals surface area contributed by atoms with Gasteiger partial charge in [-0.15, -0.1) is 0 Å². The Bertz CT molecular complexity index is 37.9. The zero-order valence-corrected chi connectivity index (χ0v) is 9.43. The van der Waals surface area contributed by atoms with Crippen molar-refractivity contribution in [2.24, 2.45) is 0 Å². The molecule has 0 heterocycles. The Morgan fingerprint density at radius 2 is 0.750 bits per heavy atom. The first-order valence-corrected chi connectivity index (χ1v) is 0.651. The van der Waals surface area contributed by atoms with Crippen molar-refractivity contribution in [2.75, 3.05) is 0 Å². The van der Waals surface area contributed by atoms with Gasteiger partial charge in [0.25, 0.3) is 0 Å². The van der Waals surface area contributed by atoms with Crippen LogP contribution in [0.2, 0.25) is 0 Å². The molecule has 0 aliphatic heterocycles. The van der Waals surface area contributed by atoms with Crippen LogP contribution in [-0.2, 0) is 0 Å². The van der Waals surface area contributed by atoms with Crippen molar-refractivity contribution in [3.8, 4) is 0 Å². The van der Waals surface area contributed by atoms with Gasteiger partial charge in [0.15, 0.2) is 0 Å². The summed E-state index contributed by atoms with van der Waals surface area (Å²) in [5, 5.41) is 13.9. The first kappa shape index (κ1) is 130. The standard InChI is InChI=1S/CH2O3.K.7H2O.H/c2-1(3)4;;;;;;;;;/h(H2,2,3,4);;7*1H2;/q;+1;;;;;;;;-1. The van der Waals surface area contributed by atoms with Gasteiger partial charge >= 0.3 is 57.5 Å². The van der Waals surface area contributed by atoms with Crippen LogP contribution in [0, 0.1) is 0 Å². The molecule has 0 saturated carbocycles. The van der Waals surface area contributed by atoms with E-state index in [1.165, 1.54) is 0 Å². The molecule has 12 heavy (non-hydrogen) atoms. The molecule has 0 fully saturated rings. The van der Waals surface area contributed by atoms with E-state index in [1.807, 2.05) is 0 Å². The van der Waals surface area contributed by atoms with E-state index in [2.05, 4.69) is 0 Å². The molecule has 0 radical (unpaired) electrons. The van der Waals surface area contributed by atoms with Crippen LogP contribution in [-0.4, -0.2) is 54.7 Å². The molecule has 16 N–H and O–H groups in total. The molecule has 0 spiro atoms. The molecule has 10 nitrogen and oxygen atoms in total. The van der Waals surface area contributed by atoms with E-state index in [9.17, 15) is 0 Å². The van der Waals surface area contributed by atoms with Crippen molar-refractivity contribution in [1.82, 2.24) is 0 Å². The van der Waals surface area contributed by atoms with Gasteiger partial charge in [0, 0.05) is 0 Å². The van der Waals surface area contributed by atoms with Gasteiger partial charge in [0.2, 0.25) is 0 Å². The minimum Gasteiger partial charge on any atom is -1.00 e. The third-order valence-corrected chi connectivity index (χ3v) is 0. The van der Waals surface area contributed by atoms with Crippen molar-refractivity contribution in [3.63, 3.8) is 0 Å². The smallest absolute Gasteiger partial charge is 1.00 e. The van der Waals surface area contributed by atoms with Crippen LogP contribution in [0.1, 0.15) is 1.43 Å². The van der Waals surface area contributed by atoms with Crippen LogP contribution in [0.15, 0.2) is 0 Å². The second-order valence-corrected chi connectivity index (χ2v) is 0.283. The quantitative estimate of drug-likeness (QED) is 0.382. The van der Waals surface area contributed by atoms with Gasteiger partial charge in [-0.25, -0.2) is 4.79 Å². The monoisotopic (exact) mass is 228 g/mol. The largest absolute Gasteiger partial charge is 1.00 e. The molecule has 0 atom stereocenters. The van der Waals surface area contributed by atoms with Gasteiger partial charge in [-0.1, -0.05) is 0 Å². The Labute approximate surface area is 111 Å². The molecule has 11 heteroatoms. The maximum Gasteiger partial charge on any atom is 1.00 e. The van der Waals surface area contributed by atoms with Crippen molar-refractivity contribution < 1.29 is 106 Å². The molecule has 0 bridgehead atoms. The average molecular weight is 228 g/mol. The van der Waals surface area contributed by atoms with E-state index in [0.717, 1.165) is 0 Å². The van der Waals surface area contributed by atoms with E-state index in [0.29, 0.717) is 0 Å². The first-order valence-electron chi connectivity index (χ1n) is 0.651. The van der Waals surface area contributed by atoms with Crippen LogP contribution in [0.5, 0.6) is 0 Å². The molecular weight excluding hydrogens is 211 g/mol. The predicted octanol–water partition coefficient (Wildman–Crippen LogP) is -8.43. The van der Waals surface area contributed by atoms with Gasteiger partial charge < -0.3 is 50.0 Å². The molecule has 0 saturated heterocycles. The zero-order chi connectivity index (χ0) is 3.58. The van der Waals surface area contributed by atoms with Crippen molar-refractivity contribution in [3.05, 3.63) is 0 Å². The third kappa shape index (κ3) is 2510. The summed E-state index contributed by atoms with van der Waals surface area (Å²) in [4.78, 5) is 8.56. The van der Waals surface area contributed by atoms with Gasteiger partial charge in [0.1, 0.15) is 0 Å². The van der Waals surface area contributed by atoms with Crippen LogP contribution in [0.3, 0.4) is 0 Å². The van der Waals surface area contributed by atoms with Crippen molar-refractivity contribution in [1.29, 1.82) is 0 Å². The second-order valence-electron chi connectivity index (χ2n) is 0.283. The van der Waals surface area contributed by atoms with Gasteiger partial charge in [0.05, 0.1) is 0 Å². The second kappa shape index (κ2) is 99.8. The Morgan fingerprint density at radius 1 is 0.750 bits per heavy atom. The number of carboxylic acid groups (broad SMARTS) is 2. The Hall–Kier alpha value is 0.626. The van der Waals surface area contributed by atoms with E-state index in [4.69, 9.17) is 15.0 Å². The fourth-order valence-corrected chi connectivity index (χ4v) is 0. The summed E-state index contributed by atoms with van der Waals surface area (Å²) >= 11 is 0. The van der Waals surface area contributed by atoms with E-state index in [1.54, 1.807) is 0 Å². The average Bonchev–Trinajstić information content (AvgIpc) is 0.811. The van der Waals surface area contributed by atoms with Crippen LogP contribution >= 0.6 is 0 Å². The maximum absolute atomic E-state index is 8.56. The summed E-state index contributed by atoms with van der Waals surface area (Å²) < 4.78 is 0. The topological polar surface area (TPSA) is 278 Å². The van der Waals surface area contributed by atoms with E-state index in [-0.39, 0.29) is 91.1 Å². The minimum atomic E-state index is -1.83. The van der Waals surface area contributed by atoms with Crippen molar-refractivity contribution >= 4 is 6.16 Å². The molecule has 0 aliphatic rings. The molecule has 0 amide bonds. The molecule has 0 aliphatic carbocycles. The van der Waals surface area contributed by atoms with Crippen LogP contribution in [0.25, 0.3) is 0 Å². The first-order chi connectivity index (χ1) is 1.73. The number of carbonyl (C=O) groups is 1. The van der Waals surface area contributed by atoms with Crippen molar-refractivity contribution in [2.45, 2.75) is 0 Å². The summed E-state index contributed by atoms with van der Waals surface area (Å²) in [7, 11) is 0. The fraction of sp³-hybridized carbons (Fsp3) is 0. The van der Waals surface area contributed by atoms with Crippen LogP contribution < -0.4 is 51.4 Å². The Balaban J connectivity index is -0.00000000125. The third-order valence-electron chi connectivity index (χ3n) is 0. The molecule has 0 unspecified atom stereocenters. The van der Waals surface area contributed by atoms with Gasteiger partial charge in [-0.3, -0.25) is 0 Å².